The van der Waals surface area contributed by atoms with Crippen molar-refractivity contribution < 1.29 is 9.90 Å². The highest BCUT2D eigenvalue weighted by Gasteiger charge is 2.20. The normalized spacial score (nSPS) is 12.9. The molecule has 2 N–H and O–H groups in total. The predicted molar refractivity (Wildman–Crippen MR) is 93.7 cm³/mol. The van der Waals surface area contributed by atoms with Crippen LogP contribution in [0.15, 0.2) is 29.6 Å². The van der Waals surface area contributed by atoms with Crippen molar-refractivity contribution >= 4 is 17.2 Å². The van der Waals surface area contributed by atoms with Crippen LogP contribution in [0.25, 0.3) is 0 Å². The van der Waals surface area contributed by atoms with Gasteiger partial charge in [0.2, 0.25) is 5.91 Å². The molecule has 0 radical (unpaired) electrons. The summed E-state index contributed by atoms with van der Waals surface area (Å²) < 4.78 is 0. The van der Waals surface area contributed by atoms with Gasteiger partial charge < -0.3 is 10.4 Å². The smallest absolute Gasteiger partial charge is 0.226 e. The van der Waals surface area contributed by atoms with Crippen molar-refractivity contribution in [2.24, 2.45) is 0 Å². The molecule has 1 unspecified atom stereocenters. The van der Waals surface area contributed by atoms with E-state index in [-0.39, 0.29) is 30.4 Å². The molecule has 0 saturated carbocycles. The molecular weight excluding hydrogens is 308 g/mol. The molecule has 124 valence electrons. The van der Waals surface area contributed by atoms with Crippen LogP contribution in [0.2, 0.25) is 0 Å². The Morgan fingerprint density at radius 2 is 2.04 bits per heavy atom. The van der Waals surface area contributed by atoms with Gasteiger partial charge in [0.25, 0.3) is 0 Å². The number of nitrogens with one attached hydrogen (secondary N) is 1. The van der Waals surface area contributed by atoms with Crippen LogP contribution in [0.3, 0.4) is 0 Å². The fraction of sp³-hybridized carbons (Fsp3) is 0.444. The highest BCUT2D eigenvalue weighted by Crippen LogP contribution is 2.25. The lowest BCUT2D eigenvalue weighted by atomic mass is 9.98. The molecule has 1 aromatic carbocycles. The van der Waals surface area contributed by atoms with Gasteiger partial charge in [0.05, 0.1) is 29.8 Å². The van der Waals surface area contributed by atoms with Gasteiger partial charge in [-0.3, -0.25) is 4.79 Å². The van der Waals surface area contributed by atoms with E-state index in [1.807, 2.05) is 36.6 Å². The maximum atomic E-state index is 12.3. The Morgan fingerprint density at radius 3 is 2.61 bits per heavy atom. The van der Waals surface area contributed by atoms with Crippen molar-refractivity contribution in [1.82, 2.24) is 10.3 Å². The zero-order valence-electron chi connectivity index (χ0n) is 14.1. The summed E-state index contributed by atoms with van der Waals surface area (Å²) in [6, 6.07) is 7.37. The van der Waals surface area contributed by atoms with Crippen LogP contribution in [0.1, 0.15) is 48.6 Å². The average molecular weight is 332 g/mol. The minimum atomic E-state index is -0.385. The fourth-order valence-corrected chi connectivity index (χ4v) is 3.25. The topological polar surface area (TPSA) is 62.2 Å². The Bertz CT molecular complexity index is 674. The number of aromatic nitrogens is 1. The summed E-state index contributed by atoms with van der Waals surface area (Å²) in [5.74, 6) is -0.127. The van der Waals surface area contributed by atoms with Crippen LogP contribution in [0, 0.1) is 6.92 Å². The first-order chi connectivity index (χ1) is 10.8. The molecule has 2 rings (SSSR count). The minimum absolute atomic E-state index is 0.00578. The van der Waals surface area contributed by atoms with E-state index in [1.165, 1.54) is 0 Å². The SMILES string of the molecule is Cc1ccccc1C(CO)NC(=O)Cc1csc(C(C)(C)C)n1. The Balaban J connectivity index is 2.03. The zero-order valence-corrected chi connectivity index (χ0v) is 14.9. The number of carbonyl (C=O) groups excluding carboxylic acids is 1. The van der Waals surface area contributed by atoms with Crippen molar-refractivity contribution in [2.45, 2.75) is 45.6 Å². The largest absolute Gasteiger partial charge is 0.394 e. The van der Waals surface area contributed by atoms with E-state index in [0.29, 0.717) is 0 Å². The molecule has 0 bridgehead atoms. The molecule has 0 saturated heterocycles. The van der Waals surface area contributed by atoms with Gasteiger partial charge in [-0.15, -0.1) is 11.3 Å². The first-order valence-corrected chi connectivity index (χ1v) is 8.60. The molecule has 1 heterocycles. The predicted octanol–water partition coefficient (Wildman–Crippen LogP) is 3.14. The standard InChI is InChI=1S/C18H24N2O2S/c1-12-7-5-6-8-14(12)15(10-21)20-16(22)9-13-11-23-17(19-13)18(2,3)4/h5-8,11,15,21H,9-10H2,1-4H3,(H,20,22). The summed E-state index contributed by atoms with van der Waals surface area (Å²) in [7, 11) is 0. The van der Waals surface area contributed by atoms with E-state index >= 15 is 0 Å². The molecule has 1 aromatic heterocycles. The van der Waals surface area contributed by atoms with E-state index in [0.717, 1.165) is 21.8 Å². The summed E-state index contributed by atoms with van der Waals surface area (Å²) >= 11 is 1.58. The maximum Gasteiger partial charge on any atom is 0.226 e. The van der Waals surface area contributed by atoms with E-state index in [4.69, 9.17) is 0 Å². The van der Waals surface area contributed by atoms with Crippen LogP contribution in [0.4, 0.5) is 0 Å². The number of hydrogen-bond acceptors (Lipinski definition) is 4. The van der Waals surface area contributed by atoms with Crippen molar-refractivity contribution in [1.29, 1.82) is 0 Å². The van der Waals surface area contributed by atoms with Crippen molar-refractivity contribution in [3.8, 4) is 0 Å². The molecule has 0 aliphatic carbocycles. The quantitative estimate of drug-likeness (QED) is 0.884. The Hall–Kier alpha value is -1.72. The Morgan fingerprint density at radius 1 is 1.35 bits per heavy atom. The summed E-state index contributed by atoms with van der Waals surface area (Å²) in [6.45, 7) is 8.17. The molecule has 1 amide bonds. The molecular formula is C18H24N2O2S. The van der Waals surface area contributed by atoms with Gasteiger partial charge in [-0.2, -0.15) is 0 Å². The zero-order chi connectivity index (χ0) is 17.0. The maximum absolute atomic E-state index is 12.3. The molecule has 0 aliphatic heterocycles. The molecule has 0 fully saturated rings. The van der Waals surface area contributed by atoms with Crippen LogP contribution in [0.5, 0.6) is 0 Å². The number of rotatable bonds is 5. The lowest BCUT2D eigenvalue weighted by molar-refractivity contribution is -0.121. The Kier molecular flexibility index (Phi) is 5.55. The van der Waals surface area contributed by atoms with Crippen LogP contribution >= 0.6 is 11.3 Å². The number of aliphatic hydroxyl groups is 1. The first-order valence-electron chi connectivity index (χ1n) is 7.72. The van der Waals surface area contributed by atoms with Crippen LogP contribution < -0.4 is 5.32 Å². The number of carbonyl (C=O) groups is 1. The van der Waals surface area contributed by atoms with Gasteiger partial charge in [0.1, 0.15) is 0 Å². The van der Waals surface area contributed by atoms with E-state index in [2.05, 4.69) is 31.1 Å². The molecule has 0 aliphatic rings. The third-order valence-corrected chi connectivity index (χ3v) is 4.93. The van der Waals surface area contributed by atoms with E-state index in [1.54, 1.807) is 11.3 Å². The van der Waals surface area contributed by atoms with Gasteiger partial charge >= 0.3 is 0 Å². The minimum Gasteiger partial charge on any atom is -0.394 e. The van der Waals surface area contributed by atoms with Crippen molar-refractivity contribution in [3.05, 3.63) is 51.5 Å². The van der Waals surface area contributed by atoms with Crippen molar-refractivity contribution in [3.63, 3.8) is 0 Å². The second-order valence-corrected chi connectivity index (χ2v) is 7.59. The summed E-state index contributed by atoms with van der Waals surface area (Å²) in [4.78, 5) is 16.8. The fourth-order valence-electron chi connectivity index (χ4n) is 2.34. The van der Waals surface area contributed by atoms with Crippen LogP contribution in [-0.2, 0) is 16.6 Å². The number of benzene rings is 1. The number of aliphatic hydroxyl groups excluding tert-OH is 1. The molecule has 1 atom stereocenters. The van der Waals surface area contributed by atoms with Gasteiger partial charge in [0, 0.05) is 10.8 Å². The first kappa shape index (κ1) is 17.6. The highest BCUT2D eigenvalue weighted by atomic mass is 32.1. The number of thiazole rings is 1. The number of aryl methyl sites for hydroxylation is 1. The molecule has 5 heteroatoms. The molecule has 2 aromatic rings. The summed E-state index contributed by atoms with van der Waals surface area (Å²) in [5.41, 5.74) is 2.76. The number of nitrogens with zero attached hydrogens (tertiary/aromatic N) is 1. The van der Waals surface area contributed by atoms with Gasteiger partial charge in [-0.05, 0) is 18.1 Å². The number of hydrogen-bond donors (Lipinski definition) is 2. The van der Waals surface area contributed by atoms with Crippen molar-refractivity contribution in [2.75, 3.05) is 6.61 Å². The molecule has 4 nitrogen and oxygen atoms in total. The average Bonchev–Trinajstić information content (AvgIpc) is 2.94. The van der Waals surface area contributed by atoms with E-state index < -0.39 is 0 Å². The third kappa shape index (κ3) is 4.62. The highest BCUT2D eigenvalue weighted by molar-refractivity contribution is 7.09. The van der Waals surface area contributed by atoms with Gasteiger partial charge in [-0.25, -0.2) is 4.98 Å². The van der Waals surface area contributed by atoms with E-state index in [9.17, 15) is 9.90 Å². The molecule has 0 spiro atoms. The summed E-state index contributed by atoms with van der Waals surface area (Å²) in [6.07, 6.45) is 0.231. The third-order valence-electron chi connectivity index (χ3n) is 3.62. The van der Waals surface area contributed by atoms with Gasteiger partial charge in [0.15, 0.2) is 0 Å². The lowest BCUT2D eigenvalue weighted by Crippen LogP contribution is -2.32. The monoisotopic (exact) mass is 332 g/mol. The number of amides is 1. The second kappa shape index (κ2) is 7.23. The molecule has 23 heavy (non-hydrogen) atoms. The second-order valence-electron chi connectivity index (χ2n) is 6.73. The summed E-state index contributed by atoms with van der Waals surface area (Å²) in [5, 5.41) is 15.5. The van der Waals surface area contributed by atoms with Crippen LogP contribution in [-0.4, -0.2) is 22.6 Å². The lowest BCUT2D eigenvalue weighted by Gasteiger charge is -2.18. The Labute approximate surface area is 141 Å². The van der Waals surface area contributed by atoms with Gasteiger partial charge in [-0.1, -0.05) is 45.0 Å².